The summed E-state index contributed by atoms with van der Waals surface area (Å²) in [5.74, 6) is -1.06. The van der Waals surface area contributed by atoms with Crippen LogP contribution in [0.4, 0.5) is 8.78 Å². The summed E-state index contributed by atoms with van der Waals surface area (Å²) in [5, 5.41) is 3.28. The second-order valence-corrected chi connectivity index (χ2v) is 5.86. The van der Waals surface area contributed by atoms with Gasteiger partial charge in [0, 0.05) is 18.7 Å². The van der Waals surface area contributed by atoms with Crippen molar-refractivity contribution in [2.24, 2.45) is 0 Å². The van der Waals surface area contributed by atoms with E-state index >= 15 is 0 Å². The van der Waals surface area contributed by atoms with E-state index in [1.54, 1.807) is 0 Å². The second-order valence-electron chi connectivity index (χ2n) is 5.86. The van der Waals surface area contributed by atoms with E-state index in [4.69, 9.17) is 4.74 Å². The first-order valence-electron chi connectivity index (χ1n) is 7.96. The van der Waals surface area contributed by atoms with Crippen molar-refractivity contribution in [3.05, 3.63) is 35.4 Å². The topological polar surface area (TPSA) is 21.3 Å². The molecule has 1 aliphatic rings. The summed E-state index contributed by atoms with van der Waals surface area (Å²) in [6.07, 6.45) is 7.63. The molecule has 1 fully saturated rings. The lowest BCUT2D eigenvalue weighted by molar-refractivity contribution is 0.0271. The molecule has 0 spiro atoms. The third-order valence-corrected chi connectivity index (χ3v) is 4.06. The summed E-state index contributed by atoms with van der Waals surface area (Å²) in [7, 11) is 0. The van der Waals surface area contributed by atoms with Crippen LogP contribution in [-0.2, 0) is 4.74 Å². The standard InChI is InChI=1S/C17H25F2NO/c1-13(14-10-15(18)12-16(19)11-14)20-8-5-9-21-17-6-3-2-4-7-17/h10-13,17,20H,2-9H2,1H3. The Hall–Kier alpha value is -1.00. The summed E-state index contributed by atoms with van der Waals surface area (Å²) < 4.78 is 32.1. The molecule has 1 aromatic rings. The van der Waals surface area contributed by atoms with Gasteiger partial charge in [-0.3, -0.25) is 0 Å². The fourth-order valence-electron chi connectivity index (χ4n) is 2.82. The summed E-state index contributed by atoms with van der Waals surface area (Å²) in [4.78, 5) is 0. The predicted molar refractivity (Wildman–Crippen MR) is 80.2 cm³/mol. The fraction of sp³-hybridized carbons (Fsp3) is 0.647. The van der Waals surface area contributed by atoms with Gasteiger partial charge in [0.15, 0.2) is 0 Å². The minimum Gasteiger partial charge on any atom is -0.378 e. The zero-order valence-electron chi connectivity index (χ0n) is 12.7. The summed E-state index contributed by atoms with van der Waals surface area (Å²) in [6, 6.07) is 3.58. The number of hydrogen-bond donors (Lipinski definition) is 1. The average molecular weight is 297 g/mol. The molecule has 21 heavy (non-hydrogen) atoms. The van der Waals surface area contributed by atoms with Gasteiger partial charge in [-0.05, 0) is 50.4 Å². The highest BCUT2D eigenvalue weighted by atomic mass is 19.1. The zero-order valence-corrected chi connectivity index (χ0v) is 12.7. The van der Waals surface area contributed by atoms with Crippen LogP contribution in [0.5, 0.6) is 0 Å². The van der Waals surface area contributed by atoms with Crippen LogP contribution in [0.1, 0.15) is 57.1 Å². The summed E-state index contributed by atoms with van der Waals surface area (Å²) >= 11 is 0. The number of halogens is 2. The minimum absolute atomic E-state index is 0.0649. The molecule has 0 radical (unpaired) electrons. The van der Waals surface area contributed by atoms with Crippen LogP contribution in [0.3, 0.4) is 0 Å². The van der Waals surface area contributed by atoms with E-state index in [9.17, 15) is 8.78 Å². The highest BCUT2D eigenvalue weighted by Crippen LogP contribution is 2.20. The molecule has 0 heterocycles. The van der Waals surface area contributed by atoms with Gasteiger partial charge in [-0.25, -0.2) is 8.78 Å². The highest BCUT2D eigenvalue weighted by Gasteiger charge is 2.13. The molecule has 118 valence electrons. The Morgan fingerprint density at radius 1 is 1.14 bits per heavy atom. The van der Waals surface area contributed by atoms with Gasteiger partial charge >= 0.3 is 0 Å². The molecule has 0 bridgehead atoms. The van der Waals surface area contributed by atoms with Gasteiger partial charge in [0.05, 0.1) is 6.10 Å². The van der Waals surface area contributed by atoms with Crippen LogP contribution < -0.4 is 5.32 Å². The Bertz CT molecular complexity index is 413. The largest absolute Gasteiger partial charge is 0.378 e. The Morgan fingerprint density at radius 2 is 1.81 bits per heavy atom. The van der Waals surface area contributed by atoms with Gasteiger partial charge in [-0.1, -0.05) is 19.3 Å². The first kappa shape index (κ1) is 16.4. The van der Waals surface area contributed by atoms with E-state index in [1.165, 1.54) is 44.2 Å². The molecule has 0 aromatic heterocycles. The van der Waals surface area contributed by atoms with Crippen LogP contribution in [0.15, 0.2) is 18.2 Å². The van der Waals surface area contributed by atoms with Crippen LogP contribution in [0.2, 0.25) is 0 Å². The van der Waals surface area contributed by atoms with Gasteiger partial charge in [-0.15, -0.1) is 0 Å². The smallest absolute Gasteiger partial charge is 0.126 e. The van der Waals surface area contributed by atoms with Gasteiger partial charge in [0.1, 0.15) is 11.6 Å². The van der Waals surface area contributed by atoms with Crippen molar-refractivity contribution in [3.8, 4) is 0 Å². The van der Waals surface area contributed by atoms with Gasteiger partial charge in [0.2, 0.25) is 0 Å². The molecule has 1 aliphatic carbocycles. The molecule has 0 saturated heterocycles. The van der Waals surface area contributed by atoms with Crippen molar-refractivity contribution < 1.29 is 13.5 Å². The molecule has 1 atom stereocenters. The molecule has 1 aromatic carbocycles. The maximum atomic E-state index is 13.1. The van der Waals surface area contributed by atoms with E-state index in [0.29, 0.717) is 11.7 Å². The fourth-order valence-corrected chi connectivity index (χ4v) is 2.82. The summed E-state index contributed by atoms with van der Waals surface area (Å²) in [6.45, 7) is 3.45. The van der Waals surface area contributed by atoms with Crippen LogP contribution in [0, 0.1) is 11.6 Å². The second kappa shape index (κ2) is 8.44. The third kappa shape index (κ3) is 5.71. The monoisotopic (exact) mass is 297 g/mol. The highest BCUT2D eigenvalue weighted by molar-refractivity contribution is 5.20. The first-order valence-corrected chi connectivity index (χ1v) is 7.96. The van der Waals surface area contributed by atoms with Crippen molar-refractivity contribution >= 4 is 0 Å². The molecule has 1 unspecified atom stereocenters. The van der Waals surface area contributed by atoms with Crippen LogP contribution in [0.25, 0.3) is 0 Å². The molecular formula is C17H25F2NO. The number of nitrogens with one attached hydrogen (secondary N) is 1. The van der Waals surface area contributed by atoms with Crippen LogP contribution >= 0.6 is 0 Å². The van der Waals surface area contributed by atoms with Crippen LogP contribution in [-0.4, -0.2) is 19.3 Å². The minimum atomic E-state index is -0.528. The maximum Gasteiger partial charge on any atom is 0.126 e. The van der Waals surface area contributed by atoms with Crippen molar-refractivity contribution in [1.82, 2.24) is 5.32 Å². The lowest BCUT2D eigenvalue weighted by atomic mass is 9.98. The molecule has 0 aliphatic heterocycles. The normalized spacial score (nSPS) is 17.9. The number of ether oxygens (including phenoxy) is 1. The van der Waals surface area contributed by atoms with Gasteiger partial charge < -0.3 is 10.1 Å². The lowest BCUT2D eigenvalue weighted by Crippen LogP contribution is -2.23. The van der Waals surface area contributed by atoms with Crippen molar-refractivity contribution in [1.29, 1.82) is 0 Å². The van der Waals surface area contributed by atoms with E-state index < -0.39 is 11.6 Å². The quantitative estimate of drug-likeness (QED) is 0.755. The molecular weight excluding hydrogens is 272 g/mol. The number of hydrogen-bond acceptors (Lipinski definition) is 2. The Labute approximate surface area is 125 Å². The van der Waals surface area contributed by atoms with Crippen molar-refractivity contribution in [2.75, 3.05) is 13.2 Å². The molecule has 1 saturated carbocycles. The Balaban J connectivity index is 1.63. The molecule has 2 rings (SSSR count). The zero-order chi connectivity index (χ0) is 15.1. The predicted octanol–water partition coefficient (Wildman–Crippen LogP) is 4.35. The van der Waals surface area contributed by atoms with Gasteiger partial charge in [-0.2, -0.15) is 0 Å². The number of benzene rings is 1. The lowest BCUT2D eigenvalue weighted by Gasteiger charge is -2.22. The summed E-state index contributed by atoms with van der Waals surface area (Å²) in [5.41, 5.74) is 0.640. The number of rotatable bonds is 7. The van der Waals surface area contributed by atoms with Crippen molar-refractivity contribution in [2.45, 2.75) is 57.6 Å². The molecule has 0 amide bonds. The molecule has 1 N–H and O–H groups in total. The third-order valence-electron chi connectivity index (χ3n) is 4.06. The Kier molecular flexibility index (Phi) is 6.58. The molecule has 2 nitrogen and oxygen atoms in total. The van der Waals surface area contributed by atoms with Crippen molar-refractivity contribution in [3.63, 3.8) is 0 Å². The van der Waals surface area contributed by atoms with E-state index in [2.05, 4.69) is 5.32 Å². The van der Waals surface area contributed by atoms with Gasteiger partial charge in [0.25, 0.3) is 0 Å². The van der Waals surface area contributed by atoms with E-state index in [0.717, 1.165) is 25.6 Å². The van der Waals surface area contributed by atoms with E-state index in [-0.39, 0.29) is 6.04 Å². The SMILES string of the molecule is CC(NCCCOC1CCCCC1)c1cc(F)cc(F)c1. The average Bonchev–Trinajstić information content (AvgIpc) is 2.47. The Morgan fingerprint density at radius 3 is 2.48 bits per heavy atom. The maximum absolute atomic E-state index is 13.1. The van der Waals surface area contributed by atoms with E-state index in [1.807, 2.05) is 6.92 Å². The first-order chi connectivity index (χ1) is 10.1. The molecule has 4 heteroatoms.